The molecule has 1 spiro atoms. The Hall–Kier alpha value is -3.98. The molecule has 1 fully saturated rings. The zero-order chi connectivity index (χ0) is 23.7. The van der Waals surface area contributed by atoms with Gasteiger partial charge in [0.15, 0.2) is 11.1 Å². The lowest BCUT2D eigenvalue weighted by molar-refractivity contribution is -0.383. The summed E-state index contributed by atoms with van der Waals surface area (Å²) < 4.78 is 8.29. The molecule has 9 heteroatoms. The predicted molar refractivity (Wildman–Crippen MR) is 131 cm³/mol. The number of hydrogen-bond donors (Lipinski definition) is 2. The highest BCUT2D eigenvalue weighted by atomic mass is 16.6. The molecule has 1 saturated carbocycles. The second-order valence-electron chi connectivity index (χ2n) is 9.70. The topological polar surface area (TPSA) is 115 Å². The number of nitrogens with one attached hydrogen (secondary N) is 2. The SMILES string of the molecule is O=C1NCC2(CCC2)n2c1cc1ccc(-c3nc4c([N+](=O)[O-])cc(C5=CCNCC5)cc4o3)cc12. The van der Waals surface area contributed by atoms with Gasteiger partial charge in [0.05, 0.1) is 16.0 Å². The molecule has 1 aliphatic carbocycles. The highest BCUT2D eigenvalue weighted by Gasteiger charge is 2.44. The van der Waals surface area contributed by atoms with Crippen LogP contribution in [0.3, 0.4) is 0 Å². The molecule has 0 unspecified atom stereocenters. The molecule has 9 nitrogen and oxygen atoms in total. The van der Waals surface area contributed by atoms with Crippen molar-refractivity contribution < 1.29 is 14.1 Å². The van der Waals surface area contributed by atoms with Crippen molar-refractivity contribution in [3.05, 3.63) is 63.8 Å². The minimum atomic E-state index is -0.397. The van der Waals surface area contributed by atoms with Crippen molar-refractivity contribution in [1.82, 2.24) is 20.2 Å². The molecule has 7 rings (SSSR count). The number of rotatable bonds is 3. The zero-order valence-electron chi connectivity index (χ0n) is 19.0. The molecule has 2 aliphatic heterocycles. The van der Waals surface area contributed by atoms with Crippen LogP contribution in [0.4, 0.5) is 5.69 Å². The Kier molecular flexibility index (Phi) is 4.23. The van der Waals surface area contributed by atoms with Gasteiger partial charge in [0.1, 0.15) is 5.69 Å². The summed E-state index contributed by atoms with van der Waals surface area (Å²) in [5, 5.41) is 19.2. The first-order valence-corrected chi connectivity index (χ1v) is 12.0. The van der Waals surface area contributed by atoms with Crippen molar-refractivity contribution in [3.63, 3.8) is 0 Å². The molecule has 35 heavy (non-hydrogen) atoms. The summed E-state index contributed by atoms with van der Waals surface area (Å²) >= 11 is 0. The number of nitro benzene ring substituents is 1. The number of amides is 1. The van der Waals surface area contributed by atoms with Crippen LogP contribution in [0.25, 0.3) is 39.0 Å². The lowest BCUT2D eigenvalue weighted by Crippen LogP contribution is -2.55. The van der Waals surface area contributed by atoms with Crippen molar-refractivity contribution >= 4 is 39.2 Å². The van der Waals surface area contributed by atoms with Gasteiger partial charge < -0.3 is 19.6 Å². The molecule has 1 amide bonds. The van der Waals surface area contributed by atoms with Crippen LogP contribution < -0.4 is 10.6 Å². The van der Waals surface area contributed by atoms with E-state index in [4.69, 9.17) is 4.42 Å². The molecule has 0 radical (unpaired) electrons. The molecule has 4 heterocycles. The number of nitrogens with zero attached hydrogens (tertiary/aromatic N) is 3. The Balaban J connectivity index is 1.39. The number of hydrogen-bond acceptors (Lipinski definition) is 6. The maximum absolute atomic E-state index is 12.6. The predicted octanol–water partition coefficient (Wildman–Crippen LogP) is 4.36. The van der Waals surface area contributed by atoms with Gasteiger partial charge in [0.2, 0.25) is 5.89 Å². The Bertz CT molecular complexity index is 1590. The van der Waals surface area contributed by atoms with Gasteiger partial charge in [-0.15, -0.1) is 0 Å². The molecule has 0 atom stereocenters. The summed E-state index contributed by atoms with van der Waals surface area (Å²) in [6.07, 6.45) is 6.05. The van der Waals surface area contributed by atoms with E-state index in [2.05, 4.69) is 26.3 Å². The van der Waals surface area contributed by atoms with Crippen LogP contribution in [0.1, 0.15) is 41.7 Å². The Labute approximate surface area is 200 Å². The molecule has 4 aromatic rings. The van der Waals surface area contributed by atoms with E-state index in [1.807, 2.05) is 30.3 Å². The van der Waals surface area contributed by atoms with Gasteiger partial charge in [0, 0.05) is 30.1 Å². The fraction of sp³-hybridized carbons (Fsp3) is 0.308. The van der Waals surface area contributed by atoms with Gasteiger partial charge in [-0.1, -0.05) is 12.1 Å². The number of carbonyl (C=O) groups excluding carboxylic acids is 1. The van der Waals surface area contributed by atoms with Crippen LogP contribution in [-0.2, 0) is 5.54 Å². The van der Waals surface area contributed by atoms with Gasteiger partial charge >= 0.3 is 0 Å². The summed E-state index contributed by atoms with van der Waals surface area (Å²) in [5.74, 6) is 0.275. The molecular weight excluding hydrogens is 446 g/mol. The maximum atomic E-state index is 12.6. The highest BCUT2D eigenvalue weighted by molar-refractivity contribution is 6.01. The normalized spacial score (nSPS) is 18.9. The van der Waals surface area contributed by atoms with E-state index in [-0.39, 0.29) is 22.7 Å². The molecule has 176 valence electrons. The number of non-ortho nitro benzene ring substituents is 1. The summed E-state index contributed by atoms with van der Waals surface area (Å²) in [4.78, 5) is 28.6. The quantitative estimate of drug-likeness (QED) is 0.340. The number of benzene rings is 2. The van der Waals surface area contributed by atoms with E-state index in [0.717, 1.165) is 66.4 Å². The van der Waals surface area contributed by atoms with E-state index in [0.29, 0.717) is 23.7 Å². The summed E-state index contributed by atoms with van der Waals surface area (Å²) in [6, 6.07) is 11.2. The van der Waals surface area contributed by atoms with Gasteiger partial charge in [-0.25, -0.2) is 4.98 Å². The Morgan fingerprint density at radius 3 is 2.77 bits per heavy atom. The summed E-state index contributed by atoms with van der Waals surface area (Å²) in [6.45, 7) is 2.21. The number of aromatic nitrogens is 2. The van der Waals surface area contributed by atoms with Gasteiger partial charge in [-0.3, -0.25) is 14.9 Å². The molecule has 3 aliphatic rings. The molecule has 2 N–H and O–H groups in total. The number of fused-ring (bicyclic) bond motifs is 5. The van der Waals surface area contributed by atoms with Gasteiger partial charge in [-0.05, 0) is 67.6 Å². The first-order chi connectivity index (χ1) is 17.0. The minimum absolute atomic E-state index is 0.0573. The maximum Gasteiger partial charge on any atom is 0.299 e. The van der Waals surface area contributed by atoms with Crippen LogP contribution in [0, 0.1) is 10.1 Å². The lowest BCUT2D eigenvalue weighted by Gasteiger charge is -2.47. The van der Waals surface area contributed by atoms with E-state index in [9.17, 15) is 14.9 Å². The third kappa shape index (κ3) is 2.97. The van der Waals surface area contributed by atoms with Crippen LogP contribution in [0.15, 0.2) is 46.9 Å². The summed E-state index contributed by atoms with van der Waals surface area (Å²) in [7, 11) is 0. The van der Waals surface area contributed by atoms with Gasteiger partial charge in [-0.2, -0.15) is 0 Å². The van der Waals surface area contributed by atoms with E-state index >= 15 is 0 Å². The smallest absolute Gasteiger partial charge is 0.299 e. The monoisotopic (exact) mass is 469 g/mol. The van der Waals surface area contributed by atoms with Crippen LogP contribution in [0.2, 0.25) is 0 Å². The third-order valence-corrected chi connectivity index (χ3v) is 7.73. The van der Waals surface area contributed by atoms with Crippen molar-refractivity contribution in [2.24, 2.45) is 0 Å². The summed E-state index contributed by atoms with van der Waals surface area (Å²) in [5.41, 5.74) is 4.73. The largest absolute Gasteiger partial charge is 0.436 e. The Morgan fingerprint density at radius 1 is 1.14 bits per heavy atom. The van der Waals surface area contributed by atoms with E-state index in [1.165, 1.54) is 0 Å². The van der Waals surface area contributed by atoms with Crippen molar-refractivity contribution in [1.29, 1.82) is 0 Å². The number of oxazole rings is 1. The second-order valence-corrected chi connectivity index (χ2v) is 9.70. The van der Waals surface area contributed by atoms with Crippen LogP contribution >= 0.6 is 0 Å². The molecule has 0 bridgehead atoms. The number of carbonyl (C=O) groups is 1. The average Bonchev–Trinajstić information content (AvgIpc) is 3.45. The Morgan fingerprint density at radius 2 is 2.03 bits per heavy atom. The molecule has 2 aromatic heterocycles. The van der Waals surface area contributed by atoms with Crippen molar-refractivity contribution in [3.8, 4) is 11.5 Å². The minimum Gasteiger partial charge on any atom is -0.436 e. The molecule has 0 saturated heterocycles. The van der Waals surface area contributed by atoms with Crippen LogP contribution in [0.5, 0.6) is 0 Å². The lowest BCUT2D eigenvalue weighted by atomic mass is 9.75. The van der Waals surface area contributed by atoms with E-state index in [1.54, 1.807) is 6.07 Å². The molecule has 2 aromatic carbocycles. The van der Waals surface area contributed by atoms with Gasteiger partial charge in [0.25, 0.3) is 11.6 Å². The van der Waals surface area contributed by atoms with E-state index < -0.39 is 4.92 Å². The first kappa shape index (κ1) is 20.4. The standard InChI is InChI=1S/C26H23N5O4/c32-24-21-10-16-2-3-17(11-19(16)30(21)26(14-28-24)6-1-7-26)25-29-23-20(31(33)34)12-18(13-22(23)35-25)15-4-8-27-9-5-15/h2-4,10-13,27H,1,5-9,14H2,(H,28,32). The van der Waals surface area contributed by atoms with Crippen LogP contribution in [-0.4, -0.2) is 40.0 Å². The zero-order valence-corrected chi connectivity index (χ0v) is 19.0. The fourth-order valence-corrected chi connectivity index (χ4v) is 5.76. The molecular formula is C26H23N5O4. The van der Waals surface area contributed by atoms with Crippen molar-refractivity contribution in [2.45, 2.75) is 31.2 Å². The number of nitro groups is 1. The highest BCUT2D eigenvalue weighted by Crippen LogP contribution is 2.45. The average molecular weight is 470 g/mol. The first-order valence-electron chi connectivity index (χ1n) is 12.0. The van der Waals surface area contributed by atoms with Crippen molar-refractivity contribution in [2.75, 3.05) is 19.6 Å². The fourth-order valence-electron chi connectivity index (χ4n) is 5.76. The second kappa shape index (κ2) is 7.26. The third-order valence-electron chi connectivity index (χ3n) is 7.73.